The van der Waals surface area contributed by atoms with Gasteiger partial charge in [-0.3, -0.25) is 4.79 Å². The fourth-order valence-electron chi connectivity index (χ4n) is 3.85. The molecule has 0 bridgehead atoms. The third-order valence-corrected chi connectivity index (χ3v) is 7.73. The van der Waals surface area contributed by atoms with Gasteiger partial charge in [0.1, 0.15) is 16.6 Å². The lowest BCUT2D eigenvalue weighted by Gasteiger charge is -2.39. The molecule has 0 unspecified atom stereocenters. The first-order valence-electron chi connectivity index (χ1n) is 9.18. The van der Waals surface area contributed by atoms with Crippen LogP contribution in [0.3, 0.4) is 0 Å². The van der Waals surface area contributed by atoms with Gasteiger partial charge in [-0.2, -0.15) is 0 Å². The van der Waals surface area contributed by atoms with Gasteiger partial charge in [-0.05, 0) is 31.5 Å². The molecule has 0 aliphatic carbocycles. The Morgan fingerprint density at radius 3 is 2.69 bits per heavy atom. The molecule has 1 aliphatic rings. The molecular weight excluding hydrogens is 362 g/mol. The Bertz CT molecular complexity index is 936. The predicted octanol–water partition coefficient (Wildman–Crippen LogP) is 4.90. The zero-order chi connectivity index (χ0) is 18.3. The van der Waals surface area contributed by atoms with E-state index < -0.39 is 0 Å². The number of nitrogens with one attached hydrogen (secondary N) is 1. The van der Waals surface area contributed by atoms with Crippen LogP contribution in [0.15, 0.2) is 24.3 Å². The fraction of sp³-hybridized carbons (Fsp3) is 0.400. The molecule has 0 spiro atoms. The van der Waals surface area contributed by atoms with Gasteiger partial charge in [-0.15, -0.1) is 22.7 Å². The van der Waals surface area contributed by atoms with Crippen LogP contribution in [0.2, 0.25) is 0 Å². The number of carbonyl (C=O) groups is 1. The van der Waals surface area contributed by atoms with Crippen molar-refractivity contribution in [3.8, 4) is 10.6 Å². The van der Waals surface area contributed by atoms with Crippen molar-refractivity contribution in [1.82, 2.24) is 4.98 Å². The first-order valence-corrected chi connectivity index (χ1v) is 10.8. The van der Waals surface area contributed by atoms with Crippen molar-refractivity contribution in [2.75, 3.05) is 25.0 Å². The van der Waals surface area contributed by atoms with Gasteiger partial charge in [0.25, 0.3) is 0 Å². The smallest absolute Gasteiger partial charge is 0.221 e. The van der Waals surface area contributed by atoms with E-state index in [2.05, 4.69) is 37.4 Å². The molecule has 1 aromatic carbocycles. The summed E-state index contributed by atoms with van der Waals surface area (Å²) in [5.74, 6) is -0.0160. The number of benzene rings is 1. The van der Waals surface area contributed by atoms with Gasteiger partial charge in [0, 0.05) is 18.9 Å². The van der Waals surface area contributed by atoms with Crippen LogP contribution in [-0.4, -0.2) is 35.0 Å². The number of anilines is 1. The standard InChI is InChI=1S/C20H23N3OS2/c1-4-23(5-2)11-10-14-17(12-23)26-19(21-13(3)24)18(14)20-22-15-8-6-7-9-16(15)25-20/h6-9H,4-5,10-12H2,1-3H3/p+1. The zero-order valence-corrected chi connectivity index (χ0v) is 17.1. The lowest BCUT2D eigenvalue weighted by atomic mass is 10.0. The van der Waals surface area contributed by atoms with E-state index in [1.807, 2.05) is 6.07 Å². The molecule has 1 aliphatic heterocycles. The highest BCUT2D eigenvalue weighted by atomic mass is 32.1. The van der Waals surface area contributed by atoms with Crippen LogP contribution in [0.25, 0.3) is 20.8 Å². The molecule has 3 aromatic rings. The normalized spacial score (nSPS) is 15.8. The van der Waals surface area contributed by atoms with Crippen molar-refractivity contribution in [2.45, 2.75) is 33.7 Å². The number of hydrogen-bond donors (Lipinski definition) is 1. The third kappa shape index (κ3) is 2.96. The molecule has 0 atom stereocenters. The van der Waals surface area contributed by atoms with Crippen LogP contribution in [0.1, 0.15) is 31.2 Å². The van der Waals surface area contributed by atoms with Gasteiger partial charge in [-0.25, -0.2) is 4.98 Å². The highest BCUT2D eigenvalue weighted by Crippen LogP contribution is 2.46. The number of fused-ring (bicyclic) bond motifs is 2. The second-order valence-electron chi connectivity index (χ2n) is 6.98. The van der Waals surface area contributed by atoms with E-state index >= 15 is 0 Å². The van der Waals surface area contributed by atoms with Crippen molar-refractivity contribution in [1.29, 1.82) is 0 Å². The van der Waals surface area contributed by atoms with Crippen LogP contribution in [0.4, 0.5) is 5.00 Å². The van der Waals surface area contributed by atoms with Gasteiger partial charge in [0.2, 0.25) is 5.91 Å². The average molecular weight is 387 g/mol. The van der Waals surface area contributed by atoms with E-state index in [-0.39, 0.29) is 5.91 Å². The second kappa shape index (κ2) is 6.76. The highest BCUT2D eigenvalue weighted by molar-refractivity contribution is 7.22. The first kappa shape index (κ1) is 17.6. The number of quaternary nitrogens is 1. The molecule has 2 aromatic heterocycles. The van der Waals surface area contributed by atoms with Crippen LogP contribution < -0.4 is 5.32 Å². The summed E-state index contributed by atoms with van der Waals surface area (Å²) in [4.78, 5) is 18.1. The molecule has 1 N–H and O–H groups in total. The van der Waals surface area contributed by atoms with Crippen LogP contribution in [0, 0.1) is 0 Å². The monoisotopic (exact) mass is 386 g/mol. The number of thiophene rings is 1. The van der Waals surface area contributed by atoms with E-state index in [4.69, 9.17) is 4.98 Å². The number of thiazole rings is 1. The molecule has 1 amide bonds. The van der Waals surface area contributed by atoms with Gasteiger partial charge in [0.15, 0.2) is 0 Å². The van der Waals surface area contributed by atoms with Crippen LogP contribution in [0.5, 0.6) is 0 Å². The van der Waals surface area contributed by atoms with Crippen molar-refractivity contribution in [3.05, 3.63) is 34.7 Å². The predicted molar refractivity (Wildman–Crippen MR) is 111 cm³/mol. The number of para-hydroxylation sites is 1. The first-order chi connectivity index (χ1) is 12.5. The van der Waals surface area contributed by atoms with Crippen molar-refractivity contribution >= 4 is 43.8 Å². The topological polar surface area (TPSA) is 42.0 Å². The Kier molecular flexibility index (Phi) is 4.59. The minimum absolute atomic E-state index is 0.0160. The maximum Gasteiger partial charge on any atom is 0.221 e. The quantitative estimate of drug-likeness (QED) is 0.648. The van der Waals surface area contributed by atoms with Gasteiger partial charge >= 0.3 is 0 Å². The fourth-order valence-corrected chi connectivity index (χ4v) is 6.39. The molecule has 26 heavy (non-hydrogen) atoms. The van der Waals surface area contributed by atoms with Crippen LogP contribution in [-0.2, 0) is 17.8 Å². The van der Waals surface area contributed by atoms with Gasteiger partial charge < -0.3 is 9.80 Å². The van der Waals surface area contributed by atoms with Crippen molar-refractivity contribution < 1.29 is 9.28 Å². The molecule has 3 heterocycles. The lowest BCUT2D eigenvalue weighted by molar-refractivity contribution is -0.939. The summed E-state index contributed by atoms with van der Waals surface area (Å²) in [6.45, 7) is 10.7. The van der Waals surface area contributed by atoms with E-state index in [1.165, 1.54) is 15.1 Å². The third-order valence-electron chi connectivity index (χ3n) is 5.54. The van der Waals surface area contributed by atoms with Crippen LogP contribution >= 0.6 is 22.7 Å². The van der Waals surface area contributed by atoms with Crippen molar-refractivity contribution in [3.63, 3.8) is 0 Å². The molecule has 6 heteroatoms. The molecule has 4 rings (SSSR count). The summed E-state index contributed by atoms with van der Waals surface area (Å²) in [6, 6.07) is 8.25. The zero-order valence-electron chi connectivity index (χ0n) is 15.5. The average Bonchev–Trinajstić information content (AvgIpc) is 3.20. The number of likely N-dealkylation sites (N-methyl/N-ethyl adjacent to an activating group) is 1. The maximum absolute atomic E-state index is 11.8. The Morgan fingerprint density at radius 1 is 1.23 bits per heavy atom. The number of aromatic nitrogens is 1. The summed E-state index contributed by atoms with van der Waals surface area (Å²) < 4.78 is 2.33. The molecule has 4 nitrogen and oxygen atoms in total. The molecule has 0 radical (unpaired) electrons. The summed E-state index contributed by atoms with van der Waals surface area (Å²) >= 11 is 3.47. The SMILES string of the molecule is CC[N+]1(CC)CCc2c(sc(NC(C)=O)c2-c2nc3ccccc3s2)C1. The highest BCUT2D eigenvalue weighted by Gasteiger charge is 2.35. The number of rotatable bonds is 4. The minimum Gasteiger partial charge on any atom is -0.319 e. The number of amides is 1. The molecule has 136 valence electrons. The lowest BCUT2D eigenvalue weighted by Crippen LogP contribution is -2.50. The van der Waals surface area contributed by atoms with E-state index in [0.29, 0.717) is 0 Å². The van der Waals surface area contributed by atoms with E-state index in [9.17, 15) is 4.79 Å². The Hall–Kier alpha value is -1.76. The largest absolute Gasteiger partial charge is 0.319 e. The summed E-state index contributed by atoms with van der Waals surface area (Å²) in [7, 11) is 0. The summed E-state index contributed by atoms with van der Waals surface area (Å²) in [5.41, 5.74) is 3.59. The molecular formula is C20H24N3OS2+. The minimum atomic E-state index is -0.0160. The maximum atomic E-state index is 11.8. The number of carbonyl (C=O) groups excluding carboxylic acids is 1. The molecule has 0 fully saturated rings. The second-order valence-corrected chi connectivity index (χ2v) is 9.12. The van der Waals surface area contributed by atoms with Gasteiger partial charge in [0.05, 0.1) is 34.7 Å². The van der Waals surface area contributed by atoms with E-state index in [1.54, 1.807) is 29.6 Å². The van der Waals surface area contributed by atoms with Crippen molar-refractivity contribution in [2.24, 2.45) is 0 Å². The Labute approximate surface area is 162 Å². The van der Waals surface area contributed by atoms with E-state index in [0.717, 1.165) is 58.2 Å². The number of hydrogen-bond acceptors (Lipinski definition) is 4. The Morgan fingerprint density at radius 2 is 2.00 bits per heavy atom. The van der Waals surface area contributed by atoms with Gasteiger partial charge in [-0.1, -0.05) is 12.1 Å². The number of nitrogens with zero attached hydrogens (tertiary/aromatic N) is 2. The molecule has 0 saturated carbocycles. The summed E-state index contributed by atoms with van der Waals surface area (Å²) in [6.07, 6.45) is 1.05. The Balaban J connectivity index is 1.85. The molecule has 0 saturated heterocycles. The summed E-state index contributed by atoms with van der Waals surface area (Å²) in [5, 5.41) is 5.07.